The monoisotopic (exact) mass is 148 g/mol. The van der Waals surface area contributed by atoms with E-state index in [4.69, 9.17) is 0 Å². The van der Waals surface area contributed by atoms with Crippen molar-refractivity contribution in [2.75, 3.05) is 19.0 Å². The Hall–Kier alpha value is -1.31. The zero-order chi connectivity index (χ0) is 8.10. The molecular formula is C9H12N2. The van der Waals surface area contributed by atoms with Gasteiger partial charge in [-0.05, 0) is 12.1 Å². The number of aliphatic imine (C=N–C) groups is 1. The summed E-state index contributed by atoms with van der Waals surface area (Å²) in [6.45, 7) is 0. The van der Waals surface area contributed by atoms with Crippen molar-refractivity contribution in [2.24, 2.45) is 4.99 Å². The van der Waals surface area contributed by atoms with Gasteiger partial charge in [0.25, 0.3) is 0 Å². The Labute approximate surface area is 67.2 Å². The van der Waals surface area contributed by atoms with Gasteiger partial charge in [-0.3, -0.25) is 4.99 Å². The number of anilines is 1. The highest BCUT2D eigenvalue weighted by molar-refractivity contribution is 5.77. The van der Waals surface area contributed by atoms with E-state index in [2.05, 4.69) is 4.99 Å². The summed E-state index contributed by atoms with van der Waals surface area (Å²) < 4.78 is 0. The summed E-state index contributed by atoms with van der Waals surface area (Å²) in [5.41, 5.74) is 1.15. The molecule has 0 radical (unpaired) electrons. The molecule has 0 fully saturated rings. The molecule has 0 atom stereocenters. The normalized spacial score (nSPS) is 10.4. The first-order valence-electron chi connectivity index (χ1n) is 3.55. The SMILES string of the molecule is CN=CN(C)c1ccccc1. The molecule has 0 aromatic heterocycles. The van der Waals surface area contributed by atoms with E-state index in [1.54, 1.807) is 13.4 Å². The lowest BCUT2D eigenvalue weighted by Crippen LogP contribution is -2.13. The molecular weight excluding hydrogens is 136 g/mol. The maximum atomic E-state index is 3.91. The molecule has 0 bridgehead atoms. The van der Waals surface area contributed by atoms with Crippen molar-refractivity contribution in [3.63, 3.8) is 0 Å². The van der Waals surface area contributed by atoms with Gasteiger partial charge < -0.3 is 4.90 Å². The Bertz CT molecular complexity index is 229. The average molecular weight is 148 g/mol. The maximum absolute atomic E-state index is 3.91. The highest BCUT2D eigenvalue weighted by atomic mass is 15.1. The van der Waals surface area contributed by atoms with Crippen LogP contribution in [0.3, 0.4) is 0 Å². The third kappa shape index (κ3) is 2.08. The van der Waals surface area contributed by atoms with E-state index in [0.717, 1.165) is 5.69 Å². The van der Waals surface area contributed by atoms with Crippen LogP contribution in [0, 0.1) is 0 Å². The van der Waals surface area contributed by atoms with Crippen LogP contribution in [0.5, 0.6) is 0 Å². The summed E-state index contributed by atoms with van der Waals surface area (Å²) in [4.78, 5) is 5.89. The van der Waals surface area contributed by atoms with Gasteiger partial charge in [0.1, 0.15) is 0 Å². The maximum Gasteiger partial charge on any atom is 0.0888 e. The Morgan fingerprint density at radius 1 is 1.27 bits per heavy atom. The topological polar surface area (TPSA) is 15.6 Å². The van der Waals surface area contributed by atoms with Gasteiger partial charge in [-0.2, -0.15) is 0 Å². The van der Waals surface area contributed by atoms with Gasteiger partial charge in [0.05, 0.1) is 6.34 Å². The number of hydrogen-bond donors (Lipinski definition) is 0. The predicted octanol–water partition coefficient (Wildman–Crippen LogP) is 1.78. The van der Waals surface area contributed by atoms with Crippen molar-refractivity contribution in [3.05, 3.63) is 30.3 Å². The van der Waals surface area contributed by atoms with Crippen molar-refractivity contribution in [1.29, 1.82) is 0 Å². The minimum atomic E-state index is 1.15. The van der Waals surface area contributed by atoms with E-state index in [9.17, 15) is 0 Å². The molecule has 0 aliphatic rings. The summed E-state index contributed by atoms with van der Waals surface area (Å²) in [5, 5.41) is 0. The Kier molecular flexibility index (Phi) is 2.66. The molecule has 11 heavy (non-hydrogen) atoms. The second kappa shape index (κ2) is 3.76. The summed E-state index contributed by atoms with van der Waals surface area (Å²) in [6, 6.07) is 10.1. The first-order chi connectivity index (χ1) is 5.34. The van der Waals surface area contributed by atoms with Gasteiger partial charge in [-0.15, -0.1) is 0 Å². The summed E-state index contributed by atoms with van der Waals surface area (Å²) in [7, 11) is 3.74. The molecule has 0 aliphatic carbocycles. The predicted molar refractivity (Wildman–Crippen MR) is 49.3 cm³/mol. The van der Waals surface area contributed by atoms with E-state index in [-0.39, 0.29) is 0 Å². The minimum Gasteiger partial charge on any atom is -0.336 e. The quantitative estimate of drug-likeness (QED) is 0.461. The van der Waals surface area contributed by atoms with E-state index >= 15 is 0 Å². The number of hydrogen-bond acceptors (Lipinski definition) is 1. The van der Waals surface area contributed by atoms with Crippen LogP contribution in [-0.4, -0.2) is 20.4 Å². The molecule has 1 aromatic rings. The summed E-state index contributed by atoms with van der Waals surface area (Å²) in [6.07, 6.45) is 1.79. The second-order valence-electron chi connectivity index (χ2n) is 2.32. The van der Waals surface area contributed by atoms with Crippen LogP contribution in [0.2, 0.25) is 0 Å². The molecule has 0 N–H and O–H groups in total. The van der Waals surface area contributed by atoms with Gasteiger partial charge in [0.15, 0.2) is 0 Å². The number of nitrogens with zero attached hydrogens (tertiary/aromatic N) is 2. The molecule has 0 heterocycles. The lowest BCUT2D eigenvalue weighted by molar-refractivity contribution is 1.27. The van der Waals surface area contributed by atoms with Crippen molar-refractivity contribution in [1.82, 2.24) is 0 Å². The number of rotatable bonds is 2. The fourth-order valence-electron chi connectivity index (χ4n) is 0.903. The van der Waals surface area contributed by atoms with Crippen molar-refractivity contribution in [2.45, 2.75) is 0 Å². The lowest BCUT2D eigenvalue weighted by Gasteiger charge is -2.11. The third-order valence-corrected chi connectivity index (χ3v) is 1.45. The molecule has 0 saturated carbocycles. The fraction of sp³-hybridized carbons (Fsp3) is 0.222. The Morgan fingerprint density at radius 2 is 1.91 bits per heavy atom. The number of benzene rings is 1. The van der Waals surface area contributed by atoms with Crippen LogP contribution in [0.4, 0.5) is 5.69 Å². The molecule has 0 saturated heterocycles. The summed E-state index contributed by atoms with van der Waals surface area (Å²) in [5.74, 6) is 0. The van der Waals surface area contributed by atoms with E-state index < -0.39 is 0 Å². The van der Waals surface area contributed by atoms with Crippen molar-refractivity contribution in [3.8, 4) is 0 Å². The zero-order valence-corrected chi connectivity index (χ0v) is 6.86. The Balaban J connectivity index is 2.76. The van der Waals surface area contributed by atoms with Crippen LogP contribution in [0.15, 0.2) is 35.3 Å². The second-order valence-corrected chi connectivity index (χ2v) is 2.32. The van der Waals surface area contributed by atoms with Crippen LogP contribution in [0.25, 0.3) is 0 Å². The highest BCUT2D eigenvalue weighted by Crippen LogP contribution is 2.08. The minimum absolute atomic E-state index is 1.15. The van der Waals surface area contributed by atoms with Crippen LogP contribution in [0.1, 0.15) is 0 Å². The van der Waals surface area contributed by atoms with Gasteiger partial charge in [0, 0.05) is 19.8 Å². The summed E-state index contributed by atoms with van der Waals surface area (Å²) >= 11 is 0. The van der Waals surface area contributed by atoms with Crippen LogP contribution >= 0.6 is 0 Å². The molecule has 0 aliphatic heterocycles. The molecule has 0 amide bonds. The average Bonchev–Trinajstić information content (AvgIpc) is 2.07. The van der Waals surface area contributed by atoms with Crippen molar-refractivity contribution >= 4 is 12.0 Å². The molecule has 58 valence electrons. The van der Waals surface area contributed by atoms with E-state index in [1.807, 2.05) is 42.3 Å². The smallest absolute Gasteiger partial charge is 0.0888 e. The van der Waals surface area contributed by atoms with Gasteiger partial charge in [-0.25, -0.2) is 0 Å². The fourth-order valence-corrected chi connectivity index (χ4v) is 0.903. The van der Waals surface area contributed by atoms with Crippen molar-refractivity contribution < 1.29 is 0 Å². The molecule has 2 heteroatoms. The first-order valence-corrected chi connectivity index (χ1v) is 3.55. The van der Waals surface area contributed by atoms with Crippen LogP contribution in [-0.2, 0) is 0 Å². The highest BCUT2D eigenvalue weighted by Gasteiger charge is 1.92. The van der Waals surface area contributed by atoms with E-state index in [1.165, 1.54) is 0 Å². The molecule has 0 spiro atoms. The third-order valence-electron chi connectivity index (χ3n) is 1.45. The largest absolute Gasteiger partial charge is 0.336 e. The van der Waals surface area contributed by atoms with Gasteiger partial charge >= 0.3 is 0 Å². The molecule has 2 nitrogen and oxygen atoms in total. The standard InChI is InChI=1S/C9H12N2/c1-10-8-11(2)9-6-4-3-5-7-9/h3-8H,1-2H3. The first kappa shape index (κ1) is 7.79. The Morgan fingerprint density at radius 3 is 2.45 bits per heavy atom. The number of para-hydroxylation sites is 1. The lowest BCUT2D eigenvalue weighted by atomic mass is 10.3. The molecule has 0 unspecified atom stereocenters. The van der Waals surface area contributed by atoms with E-state index in [0.29, 0.717) is 0 Å². The molecule has 1 aromatic carbocycles. The van der Waals surface area contributed by atoms with Gasteiger partial charge in [0.2, 0.25) is 0 Å². The van der Waals surface area contributed by atoms with Gasteiger partial charge in [-0.1, -0.05) is 18.2 Å². The zero-order valence-electron chi connectivity index (χ0n) is 6.86. The van der Waals surface area contributed by atoms with Crippen LogP contribution < -0.4 is 4.90 Å². The molecule has 1 rings (SSSR count).